The van der Waals surface area contributed by atoms with E-state index in [1.54, 1.807) is 6.92 Å². The second-order valence-electron chi connectivity index (χ2n) is 2.02. The van der Waals surface area contributed by atoms with Gasteiger partial charge in [0.15, 0.2) is 0 Å². The van der Waals surface area contributed by atoms with E-state index >= 15 is 0 Å². The second kappa shape index (κ2) is 5.23. The third-order valence-corrected chi connectivity index (χ3v) is 1.26. The molecular weight excluding hydrogens is 144 g/mol. The summed E-state index contributed by atoms with van der Waals surface area (Å²) < 4.78 is 4.77. The first-order valence-corrected chi connectivity index (χ1v) is 3.86. The average molecular weight is 155 g/mol. The molecule has 0 N–H and O–H groups in total. The van der Waals surface area contributed by atoms with Crippen molar-refractivity contribution in [3.05, 3.63) is 12.2 Å². The van der Waals surface area contributed by atoms with Crippen LogP contribution in [0.2, 0.25) is 6.04 Å². The SMILES string of the molecule is C=C(C)C(=O)OCCC[Si]. The van der Waals surface area contributed by atoms with E-state index in [-0.39, 0.29) is 5.97 Å². The van der Waals surface area contributed by atoms with Gasteiger partial charge in [0.05, 0.1) is 6.61 Å². The quantitative estimate of drug-likeness (QED) is 0.263. The maximum Gasteiger partial charge on any atom is 0.333 e. The molecule has 0 rings (SSSR count). The van der Waals surface area contributed by atoms with Gasteiger partial charge in [-0.15, -0.1) is 0 Å². The van der Waals surface area contributed by atoms with Gasteiger partial charge in [0.2, 0.25) is 0 Å². The van der Waals surface area contributed by atoms with Crippen molar-refractivity contribution in [3.8, 4) is 0 Å². The Balaban J connectivity index is 3.31. The van der Waals surface area contributed by atoms with Gasteiger partial charge < -0.3 is 4.74 Å². The molecule has 0 aliphatic heterocycles. The molecule has 0 aromatic carbocycles. The summed E-state index contributed by atoms with van der Waals surface area (Å²) >= 11 is 0. The summed E-state index contributed by atoms with van der Waals surface area (Å²) in [5.41, 5.74) is 0.453. The molecule has 0 aromatic rings. The Morgan fingerprint density at radius 1 is 1.70 bits per heavy atom. The zero-order valence-electron chi connectivity index (χ0n) is 6.14. The molecule has 0 aliphatic rings. The van der Waals surface area contributed by atoms with Crippen LogP contribution in [0.5, 0.6) is 0 Å². The van der Waals surface area contributed by atoms with Gasteiger partial charge in [-0.2, -0.15) is 0 Å². The fourth-order valence-electron chi connectivity index (χ4n) is 0.360. The molecule has 3 heteroatoms. The average Bonchev–Trinajstić information content (AvgIpc) is 1.88. The van der Waals surface area contributed by atoms with Crippen molar-refractivity contribution < 1.29 is 9.53 Å². The summed E-state index contributed by atoms with van der Waals surface area (Å²) in [7, 11) is 3.27. The highest BCUT2D eigenvalue weighted by Crippen LogP contribution is 1.93. The lowest BCUT2D eigenvalue weighted by Gasteiger charge is -2.01. The number of carbonyl (C=O) groups excluding carboxylic acids is 1. The minimum absolute atomic E-state index is 0.305. The standard InChI is InChI=1S/C7H11O2Si/c1-6(2)7(8)9-4-3-5-10/h1,3-5H2,2H3. The first-order chi connectivity index (χ1) is 4.68. The maximum atomic E-state index is 10.7. The summed E-state index contributed by atoms with van der Waals surface area (Å²) in [5, 5.41) is 0. The molecule has 0 amide bonds. The number of hydrogen-bond acceptors (Lipinski definition) is 2. The number of rotatable bonds is 4. The predicted molar refractivity (Wildman–Crippen MR) is 41.0 cm³/mol. The Kier molecular flexibility index (Phi) is 4.93. The van der Waals surface area contributed by atoms with E-state index in [4.69, 9.17) is 4.74 Å². The van der Waals surface area contributed by atoms with Crippen LogP contribution in [0.15, 0.2) is 12.2 Å². The van der Waals surface area contributed by atoms with Crippen LogP contribution >= 0.6 is 0 Å². The molecular formula is C7H11O2Si. The summed E-state index contributed by atoms with van der Waals surface area (Å²) in [5.74, 6) is -0.305. The highest BCUT2D eigenvalue weighted by atomic mass is 28.1. The van der Waals surface area contributed by atoms with Crippen molar-refractivity contribution in [1.29, 1.82) is 0 Å². The van der Waals surface area contributed by atoms with Crippen LogP contribution in [-0.2, 0) is 9.53 Å². The molecule has 2 nitrogen and oxygen atoms in total. The lowest BCUT2D eigenvalue weighted by molar-refractivity contribution is -0.138. The molecule has 0 unspecified atom stereocenters. The zero-order chi connectivity index (χ0) is 7.98. The van der Waals surface area contributed by atoms with Crippen molar-refractivity contribution in [1.82, 2.24) is 0 Å². The van der Waals surface area contributed by atoms with E-state index in [2.05, 4.69) is 16.8 Å². The monoisotopic (exact) mass is 155 g/mol. The van der Waals surface area contributed by atoms with E-state index in [0.29, 0.717) is 12.2 Å². The van der Waals surface area contributed by atoms with E-state index in [9.17, 15) is 4.79 Å². The number of esters is 1. The Hall–Kier alpha value is -0.573. The Bertz CT molecular complexity index is 132. The first kappa shape index (κ1) is 9.43. The van der Waals surface area contributed by atoms with E-state index in [1.807, 2.05) is 0 Å². The van der Waals surface area contributed by atoms with Gasteiger partial charge >= 0.3 is 5.97 Å². The molecule has 55 valence electrons. The van der Waals surface area contributed by atoms with Crippen LogP contribution < -0.4 is 0 Å². The second-order valence-corrected chi connectivity index (χ2v) is 2.52. The van der Waals surface area contributed by atoms with Crippen LogP contribution in [0.25, 0.3) is 0 Å². The topological polar surface area (TPSA) is 26.3 Å². The summed E-state index contributed by atoms with van der Waals surface area (Å²) in [6, 6.07) is 0.851. The van der Waals surface area contributed by atoms with Crippen molar-refractivity contribution in [2.45, 2.75) is 19.4 Å². The molecule has 0 saturated heterocycles. The van der Waals surface area contributed by atoms with Crippen molar-refractivity contribution in [2.75, 3.05) is 6.61 Å². The van der Waals surface area contributed by atoms with Crippen LogP contribution in [-0.4, -0.2) is 22.8 Å². The molecule has 3 radical (unpaired) electrons. The van der Waals surface area contributed by atoms with Gasteiger partial charge in [-0.3, -0.25) is 0 Å². The fraction of sp³-hybridized carbons (Fsp3) is 0.571. The highest BCUT2D eigenvalue weighted by Gasteiger charge is 2.00. The lowest BCUT2D eigenvalue weighted by Crippen LogP contribution is -2.05. The van der Waals surface area contributed by atoms with Crippen molar-refractivity contribution in [2.24, 2.45) is 0 Å². The minimum Gasteiger partial charge on any atom is -0.462 e. The highest BCUT2D eigenvalue weighted by molar-refractivity contribution is 6.08. The first-order valence-electron chi connectivity index (χ1n) is 3.15. The number of ether oxygens (including phenoxy) is 1. The number of carbonyl (C=O) groups is 1. The van der Waals surface area contributed by atoms with Crippen LogP contribution in [0.1, 0.15) is 13.3 Å². The molecule has 0 fully saturated rings. The Morgan fingerprint density at radius 3 is 2.70 bits per heavy atom. The lowest BCUT2D eigenvalue weighted by atomic mass is 10.4. The molecule has 10 heavy (non-hydrogen) atoms. The third kappa shape index (κ3) is 4.32. The molecule has 0 aromatic heterocycles. The molecule has 0 atom stereocenters. The maximum absolute atomic E-state index is 10.7. The molecule has 0 heterocycles. The summed E-state index contributed by atoms with van der Waals surface area (Å²) in [6.45, 7) is 5.55. The Labute approximate surface area is 64.7 Å². The molecule has 0 aliphatic carbocycles. The fourth-order valence-corrected chi connectivity index (χ4v) is 0.505. The van der Waals surface area contributed by atoms with Crippen LogP contribution in [0, 0.1) is 0 Å². The summed E-state index contributed by atoms with van der Waals surface area (Å²) in [6.07, 6.45) is 0.843. The van der Waals surface area contributed by atoms with E-state index < -0.39 is 0 Å². The normalized spacial score (nSPS) is 9.00. The van der Waals surface area contributed by atoms with Gasteiger partial charge in [0, 0.05) is 15.8 Å². The van der Waals surface area contributed by atoms with E-state index in [1.165, 1.54) is 0 Å². The van der Waals surface area contributed by atoms with Crippen molar-refractivity contribution >= 4 is 16.2 Å². The molecule has 0 spiro atoms. The predicted octanol–water partition coefficient (Wildman–Crippen LogP) is 1.08. The number of hydrogen-bond donors (Lipinski definition) is 0. The Morgan fingerprint density at radius 2 is 2.30 bits per heavy atom. The third-order valence-electron chi connectivity index (χ3n) is 0.903. The molecule has 0 bridgehead atoms. The van der Waals surface area contributed by atoms with Crippen LogP contribution in [0.3, 0.4) is 0 Å². The molecule has 0 saturated carbocycles. The minimum atomic E-state index is -0.305. The largest absolute Gasteiger partial charge is 0.462 e. The van der Waals surface area contributed by atoms with Gasteiger partial charge in [-0.25, -0.2) is 4.79 Å². The van der Waals surface area contributed by atoms with Gasteiger partial charge in [0.1, 0.15) is 0 Å². The van der Waals surface area contributed by atoms with Crippen LogP contribution in [0.4, 0.5) is 0 Å². The van der Waals surface area contributed by atoms with Gasteiger partial charge in [0.25, 0.3) is 0 Å². The smallest absolute Gasteiger partial charge is 0.333 e. The van der Waals surface area contributed by atoms with E-state index in [0.717, 1.165) is 12.5 Å². The van der Waals surface area contributed by atoms with Gasteiger partial charge in [-0.05, 0) is 13.3 Å². The zero-order valence-corrected chi connectivity index (χ0v) is 7.14. The van der Waals surface area contributed by atoms with Gasteiger partial charge in [-0.1, -0.05) is 12.6 Å². The summed E-state index contributed by atoms with van der Waals surface area (Å²) in [4.78, 5) is 10.7. The van der Waals surface area contributed by atoms with Crippen molar-refractivity contribution in [3.63, 3.8) is 0 Å².